The first kappa shape index (κ1) is 22.1. The summed E-state index contributed by atoms with van der Waals surface area (Å²) in [5.74, 6) is 0.144. The predicted octanol–water partition coefficient (Wildman–Crippen LogP) is 3.06. The Morgan fingerprint density at radius 3 is 2.16 bits per heavy atom. The van der Waals surface area contributed by atoms with Gasteiger partial charge in [0.15, 0.2) is 0 Å². The first-order chi connectivity index (χ1) is 15.6. The highest BCUT2D eigenvalue weighted by atomic mass is 16.2. The molecule has 32 heavy (non-hydrogen) atoms. The number of amides is 3. The Kier molecular flexibility index (Phi) is 7.20. The standard InChI is InChI=1S/C26H31N3O3/c30-24(18-27-25(31)22-10-5-2-6-11-22)29-15-7-12-23(19-29)26(32)28-16-13-21(14-17-28)20-8-3-1-4-9-20/h1-6,8-11,21,23H,7,12-19H2,(H,27,31)/t23-/m0/s1. The first-order valence-corrected chi connectivity index (χ1v) is 11.6. The highest BCUT2D eigenvalue weighted by Crippen LogP contribution is 2.29. The van der Waals surface area contributed by atoms with E-state index in [-0.39, 0.29) is 30.2 Å². The van der Waals surface area contributed by atoms with Crippen molar-refractivity contribution in [2.45, 2.75) is 31.6 Å². The van der Waals surface area contributed by atoms with Crippen molar-refractivity contribution in [2.24, 2.45) is 5.92 Å². The van der Waals surface area contributed by atoms with Crippen molar-refractivity contribution in [1.82, 2.24) is 15.1 Å². The first-order valence-electron chi connectivity index (χ1n) is 11.6. The zero-order chi connectivity index (χ0) is 22.3. The van der Waals surface area contributed by atoms with Crippen LogP contribution in [0.5, 0.6) is 0 Å². The lowest BCUT2D eigenvalue weighted by Gasteiger charge is -2.38. The van der Waals surface area contributed by atoms with Gasteiger partial charge in [0.05, 0.1) is 12.5 Å². The van der Waals surface area contributed by atoms with E-state index in [4.69, 9.17) is 0 Å². The quantitative estimate of drug-likeness (QED) is 0.788. The van der Waals surface area contributed by atoms with Crippen LogP contribution in [0.15, 0.2) is 60.7 Å². The molecule has 6 nitrogen and oxygen atoms in total. The van der Waals surface area contributed by atoms with Crippen molar-refractivity contribution in [1.29, 1.82) is 0 Å². The predicted molar refractivity (Wildman–Crippen MR) is 123 cm³/mol. The van der Waals surface area contributed by atoms with E-state index in [1.54, 1.807) is 29.2 Å². The van der Waals surface area contributed by atoms with Crippen LogP contribution in [0.3, 0.4) is 0 Å². The molecule has 0 unspecified atom stereocenters. The van der Waals surface area contributed by atoms with Crippen molar-refractivity contribution >= 4 is 17.7 Å². The number of carbonyl (C=O) groups is 3. The van der Waals surface area contributed by atoms with Crippen LogP contribution in [0, 0.1) is 5.92 Å². The molecule has 0 bridgehead atoms. The molecule has 2 aliphatic rings. The molecule has 2 heterocycles. The minimum atomic E-state index is -0.259. The molecule has 1 N–H and O–H groups in total. The third-order valence-corrected chi connectivity index (χ3v) is 6.64. The average Bonchev–Trinajstić information content (AvgIpc) is 2.88. The van der Waals surface area contributed by atoms with Crippen LogP contribution in [0.4, 0.5) is 0 Å². The van der Waals surface area contributed by atoms with Gasteiger partial charge in [0, 0.05) is 31.7 Å². The summed E-state index contributed by atoms with van der Waals surface area (Å²) in [6, 6.07) is 19.4. The van der Waals surface area contributed by atoms with Crippen LogP contribution in [0.25, 0.3) is 0 Å². The Balaban J connectivity index is 1.25. The van der Waals surface area contributed by atoms with Crippen LogP contribution in [-0.2, 0) is 9.59 Å². The minimum Gasteiger partial charge on any atom is -0.343 e. The van der Waals surface area contributed by atoms with E-state index in [1.165, 1.54) is 5.56 Å². The second kappa shape index (κ2) is 10.4. The van der Waals surface area contributed by atoms with Crippen molar-refractivity contribution in [2.75, 3.05) is 32.7 Å². The van der Waals surface area contributed by atoms with Gasteiger partial charge in [-0.2, -0.15) is 0 Å². The zero-order valence-corrected chi connectivity index (χ0v) is 18.4. The summed E-state index contributed by atoms with van der Waals surface area (Å²) in [6.07, 6.45) is 3.60. The minimum absolute atomic E-state index is 0.0445. The molecule has 0 saturated carbocycles. The van der Waals surface area contributed by atoms with E-state index < -0.39 is 0 Å². The van der Waals surface area contributed by atoms with E-state index in [0.717, 1.165) is 38.8 Å². The zero-order valence-electron chi connectivity index (χ0n) is 18.4. The second-order valence-electron chi connectivity index (χ2n) is 8.74. The van der Waals surface area contributed by atoms with Gasteiger partial charge in [-0.15, -0.1) is 0 Å². The van der Waals surface area contributed by atoms with Gasteiger partial charge in [-0.1, -0.05) is 48.5 Å². The van der Waals surface area contributed by atoms with Gasteiger partial charge in [-0.3, -0.25) is 14.4 Å². The second-order valence-corrected chi connectivity index (χ2v) is 8.74. The van der Waals surface area contributed by atoms with Gasteiger partial charge in [0.2, 0.25) is 11.8 Å². The van der Waals surface area contributed by atoms with E-state index >= 15 is 0 Å². The summed E-state index contributed by atoms with van der Waals surface area (Å²) in [7, 11) is 0. The number of carbonyl (C=O) groups excluding carboxylic acids is 3. The number of benzene rings is 2. The maximum atomic E-state index is 13.1. The molecule has 3 amide bonds. The lowest BCUT2D eigenvalue weighted by molar-refractivity contribution is -0.141. The molecule has 2 aliphatic heterocycles. The van der Waals surface area contributed by atoms with E-state index in [1.807, 2.05) is 17.0 Å². The van der Waals surface area contributed by atoms with Gasteiger partial charge < -0.3 is 15.1 Å². The van der Waals surface area contributed by atoms with Crippen LogP contribution >= 0.6 is 0 Å². The highest BCUT2D eigenvalue weighted by molar-refractivity contribution is 5.96. The van der Waals surface area contributed by atoms with Gasteiger partial charge in [0.25, 0.3) is 5.91 Å². The maximum Gasteiger partial charge on any atom is 0.251 e. The third kappa shape index (κ3) is 5.36. The molecule has 2 aromatic rings. The van der Waals surface area contributed by atoms with E-state index in [9.17, 15) is 14.4 Å². The molecule has 4 rings (SSSR count). The van der Waals surface area contributed by atoms with Gasteiger partial charge in [0.1, 0.15) is 0 Å². The summed E-state index contributed by atoms with van der Waals surface area (Å²) in [5, 5.41) is 2.70. The fourth-order valence-corrected chi connectivity index (χ4v) is 4.78. The fourth-order valence-electron chi connectivity index (χ4n) is 4.78. The summed E-state index contributed by atoms with van der Waals surface area (Å²) < 4.78 is 0. The number of hydrogen-bond donors (Lipinski definition) is 1. The number of nitrogens with zero attached hydrogens (tertiary/aromatic N) is 2. The Morgan fingerprint density at radius 1 is 0.812 bits per heavy atom. The highest BCUT2D eigenvalue weighted by Gasteiger charge is 2.33. The topological polar surface area (TPSA) is 69.7 Å². The Morgan fingerprint density at radius 2 is 1.47 bits per heavy atom. The molecule has 0 aliphatic carbocycles. The van der Waals surface area contributed by atoms with Crippen LogP contribution < -0.4 is 5.32 Å². The number of nitrogens with one attached hydrogen (secondary N) is 1. The normalized spacial score (nSPS) is 19.4. The summed E-state index contributed by atoms with van der Waals surface area (Å²) in [6.45, 7) is 2.58. The average molecular weight is 434 g/mol. The lowest BCUT2D eigenvalue weighted by Crippen LogP contribution is -2.50. The SMILES string of the molecule is O=C(NCC(=O)N1CCC[C@H](C(=O)N2CCC(c3ccccc3)CC2)C1)c1ccccc1. The van der Waals surface area contributed by atoms with E-state index in [2.05, 4.69) is 29.6 Å². The lowest BCUT2D eigenvalue weighted by atomic mass is 9.88. The molecule has 2 saturated heterocycles. The third-order valence-electron chi connectivity index (χ3n) is 6.64. The molecule has 0 radical (unpaired) electrons. The van der Waals surface area contributed by atoms with Crippen molar-refractivity contribution in [3.05, 3.63) is 71.8 Å². The Bertz CT molecular complexity index is 924. The van der Waals surface area contributed by atoms with Crippen molar-refractivity contribution in [3.8, 4) is 0 Å². The van der Waals surface area contributed by atoms with Crippen LogP contribution in [0.2, 0.25) is 0 Å². The number of hydrogen-bond acceptors (Lipinski definition) is 3. The van der Waals surface area contributed by atoms with Crippen LogP contribution in [-0.4, -0.2) is 60.2 Å². The summed E-state index contributed by atoms with van der Waals surface area (Å²) >= 11 is 0. The molecular weight excluding hydrogens is 402 g/mol. The molecule has 2 aromatic carbocycles. The van der Waals surface area contributed by atoms with Crippen molar-refractivity contribution < 1.29 is 14.4 Å². The number of likely N-dealkylation sites (tertiary alicyclic amines) is 2. The molecule has 2 fully saturated rings. The monoisotopic (exact) mass is 433 g/mol. The van der Waals surface area contributed by atoms with Gasteiger partial charge in [-0.25, -0.2) is 0 Å². The molecular formula is C26H31N3O3. The number of rotatable bonds is 5. The van der Waals surface area contributed by atoms with Gasteiger partial charge >= 0.3 is 0 Å². The Hall–Kier alpha value is -3.15. The number of piperidine rings is 2. The molecule has 0 spiro atoms. The molecule has 0 aromatic heterocycles. The summed E-state index contributed by atoms with van der Waals surface area (Å²) in [5.41, 5.74) is 1.89. The fraction of sp³-hybridized carbons (Fsp3) is 0.423. The van der Waals surface area contributed by atoms with Gasteiger partial charge in [-0.05, 0) is 49.3 Å². The Labute approximate surface area is 189 Å². The molecule has 1 atom stereocenters. The van der Waals surface area contributed by atoms with E-state index in [0.29, 0.717) is 24.6 Å². The summed E-state index contributed by atoms with van der Waals surface area (Å²) in [4.78, 5) is 41.7. The molecule has 6 heteroatoms. The van der Waals surface area contributed by atoms with Crippen molar-refractivity contribution in [3.63, 3.8) is 0 Å². The van der Waals surface area contributed by atoms with Crippen LogP contribution in [0.1, 0.15) is 47.5 Å². The largest absolute Gasteiger partial charge is 0.343 e. The maximum absolute atomic E-state index is 13.1. The smallest absolute Gasteiger partial charge is 0.251 e. The molecule has 168 valence electrons.